The Kier molecular flexibility index (Phi) is 24.2. The molecule has 0 unspecified atom stereocenters. The van der Waals surface area contributed by atoms with Crippen molar-refractivity contribution < 1.29 is 19.1 Å². The minimum Gasteiger partial charge on any atom is -0.462 e. The number of rotatable bonds is 28. The van der Waals surface area contributed by atoms with Gasteiger partial charge in [0.1, 0.15) is 0 Å². The molecule has 0 radical (unpaired) electrons. The maximum absolute atomic E-state index is 12.4. The third-order valence-electron chi connectivity index (χ3n) is 8.11. The second kappa shape index (κ2) is 26.7. The number of nitrogens with zero attached hydrogens (tertiary/aromatic N) is 2. The molecule has 6 nitrogen and oxygen atoms in total. The maximum Gasteiger partial charge on any atom is 0.338 e. The van der Waals surface area contributed by atoms with Crippen LogP contribution in [0.2, 0.25) is 0 Å². The zero-order valence-corrected chi connectivity index (χ0v) is 27.8. The molecule has 1 aromatic rings. The van der Waals surface area contributed by atoms with E-state index in [0.717, 1.165) is 65.0 Å². The van der Waals surface area contributed by atoms with Gasteiger partial charge in [-0.15, -0.1) is 0 Å². The lowest BCUT2D eigenvalue weighted by Gasteiger charge is -2.20. The van der Waals surface area contributed by atoms with Crippen LogP contribution in [0.15, 0.2) is 24.3 Å². The molecule has 0 N–H and O–H groups in total. The molecular formula is C36H64N2O4. The summed E-state index contributed by atoms with van der Waals surface area (Å²) in [6, 6.07) is 6.61. The van der Waals surface area contributed by atoms with Crippen LogP contribution in [-0.4, -0.2) is 74.2 Å². The second-order valence-electron chi connectivity index (χ2n) is 11.7. The predicted octanol–water partition coefficient (Wildman–Crippen LogP) is 8.93. The molecule has 0 spiro atoms. The van der Waals surface area contributed by atoms with Crippen molar-refractivity contribution in [3.8, 4) is 0 Å². The summed E-state index contributed by atoms with van der Waals surface area (Å²) in [5, 5.41) is 0. The predicted molar refractivity (Wildman–Crippen MR) is 176 cm³/mol. The van der Waals surface area contributed by atoms with Gasteiger partial charge in [-0.3, -0.25) is 0 Å². The average Bonchev–Trinajstić information content (AvgIpc) is 3.01. The van der Waals surface area contributed by atoms with Crippen LogP contribution >= 0.6 is 0 Å². The maximum atomic E-state index is 12.4. The molecule has 0 heterocycles. The van der Waals surface area contributed by atoms with Gasteiger partial charge < -0.3 is 19.3 Å². The van der Waals surface area contributed by atoms with E-state index in [0.29, 0.717) is 24.3 Å². The first-order chi connectivity index (χ1) is 20.5. The van der Waals surface area contributed by atoms with Crippen molar-refractivity contribution in [2.24, 2.45) is 0 Å². The monoisotopic (exact) mass is 588 g/mol. The van der Waals surface area contributed by atoms with Crippen LogP contribution in [0.3, 0.4) is 0 Å². The van der Waals surface area contributed by atoms with Crippen molar-refractivity contribution in [2.45, 2.75) is 130 Å². The fourth-order valence-corrected chi connectivity index (χ4v) is 5.20. The van der Waals surface area contributed by atoms with Crippen LogP contribution < -0.4 is 0 Å². The van der Waals surface area contributed by atoms with Gasteiger partial charge in [0.25, 0.3) is 0 Å². The van der Waals surface area contributed by atoms with Crippen molar-refractivity contribution in [3.05, 3.63) is 35.4 Å². The number of hydrogen-bond acceptors (Lipinski definition) is 6. The smallest absolute Gasteiger partial charge is 0.338 e. The third kappa shape index (κ3) is 19.3. The fraction of sp³-hybridized carbons (Fsp3) is 0.778. The summed E-state index contributed by atoms with van der Waals surface area (Å²) >= 11 is 0. The SMILES string of the molecule is CCCCCCCCN(CC)CCCCOC(=O)c1ccc(C(=O)OCCCCN(CC)CCCCCCCC)cc1. The van der Waals surface area contributed by atoms with Gasteiger partial charge in [0, 0.05) is 0 Å². The quantitative estimate of drug-likeness (QED) is 0.0719. The summed E-state index contributed by atoms with van der Waals surface area (Å²) < 4.78 is 10.9. The van der Waals surface area contributed by atoms with E-state index in [1.165, 1.54) is 77.0 Å². The number of benzene rings is 1. The molecule has 0 saturated carbocycles. The molecular weight excluding hydrogens is 524 g/mol. The van der Waals surface area contributed by atoms with E-state index in [2.05, 4.69) is 37.5 Å². The number of esters is 2. The lowest BCUT2D eigenvalue weighted by molar-refractivity contribution is 0.0480. The highest BCUT2D eigenvalue weighted by atomic mass is 16.5. The molecule has 6 heteroatoms. The summed E-state index contributed by atoms with van der Waals surface area (Å²) in [7, 11) is 0. The Morgan fingerprint density at radius 3 is 1.12 bits per heavy atom. The number of unbranched alkanes of at least 4 members (excludes halogenated alkanes) is 12. The first kappa shape index (κ1) is 38.1. The Labute approximate surface area is 258 Å². The number of carbonyl (C=O) groups excluding carboxylic acids is 2. The molecule has 42 heavy (non-hydrogen) atoms. The first-order valence-electron chi connectivity index (χ1n) is 17.4. The van der Waals surface area contributed by atoms with Crippen molar-refractivity contribution >= 4 is 11.9 Å². The molecule has 0 atom stereocenters. The molecule has 0 aromatic heterocycles. The molecule has 0 saturated heterocycles. The van der Waals surface area contributed by atoms with E-state index in [-0.39, 0.29) is 11.9 Å². The highest BCUT2D eigenvalue weighted by Crippen LogP contribution is 2.11. The Morgan fingerprint density at radius 2 is 0.786 bits per heavy atom. The van der Waals surface area contributed by atoms with Gasteiger partial charge in [-0.25, -0.2) is 9.59 Å². The largest absolute Gasteiger partial charge is 0.462 e. The van der Waals surface area contributed by atoms with E-state index in [9.17, 15) is 9.59 Å². The lowest BCUT2D eigenvalue weighted by atomic mass is 10.1. The van der Waals surface area contributed by atoms with E-state index >= 15 is 0 Å². The highest BCUT2D eigenvalue weighted by molar-refractivity contribution is 5.93. The zero-order valence-electron chi connectivity index (χ0n) is 27.8. The van der Waals surface area contributed by atoms with Crippen LogP contribution in [-0.2, 0) is 9.47 Å². The molecule has 0 amide bonds. The van der Waals surface area contributed by atoms with Crippen molar-refractivity contribution in [1.29, 1.82) is 0 Å². The number of hydrogen-bond donors (Lipinski definition) is 0. The van der Waals surface area contributed by atoms with Gasteiger partial charge in [-0.2, -0.15) is 0 Å². The van der Waals surface area contributed by atoms with E-state index < -0.39 is 0 Å². The zero-order chi connectivity index (χ0) is 30.7. The molecule has 1 aromatic carbocycles. The Hall–Kier alpha value is -1.92. The minimum atomic E-state index is -0.337. The lowest BCUT2D eigenvalue weighted by Crippen LogP contribution is -2.26. The van der Waals surface area contributed by atoms with E-state index in [4.69, 9.17) is 9.47 Å². The normalized spacial score (nSPS) is 11.4. The number of carbonyl (C=O) groups is 2. The standard InChI is InChI=1S/C36H64N2O4/c1-5-9-11-13-15-17-27-37(7-3)29-19-21-31-41-35(39)33-23-25-34(26-24-33)36(40)42-32-22-20-30-38(8-4)28-18-16-14-12-10-6-2/h23-26H,5-22,27-32H2,1-4H3. The van der Waals surface area contributed by atoms with Crippen molar-refractivity contribution in [3.63, 3.8) is 0 Å². The van der Waals surface area contributed by atoms with Crippen LogP contribution in [0.4, 0.5) is 0 Å². The molecule has 0 fully saturated rings. The minimum absolute atomic E-state index is 0.337. The molecule has 242 valence electrons. The van der Waals surface area contributed by atoms with Gasteiger partial charge in [0.05, 0.1) is 24.3 Å². The third-order valence-corrected chi connectivity index (χ3v) is 8.11. The molecule has 0 aliphatic heterocycles. The van der Waals surface area contributed by atoms with Crippen LogP contribution in [0, 0.1) is 0 Å². The molecule has 0 bridgehead atoms. The van der Waals surface area contributed by atoms with Crippen LogP contribution in [0.25, 0.3) is 0 Å². The Balaban J connectivity index is 2.17. The van der Waals surface area contributed by atoms with E-state index in [1.54, 1.807) is 24.3 Å². The van der Waals surface area contributed by atoms with Crippen LogP contribution in [0.5, 0.6) is 0 Å². The number of ether oxygens (including phenoxy) is 2. The van der Waals surface area contributed by atoms with E-state index in [1.807, 2.05) is 0 Å². The summed E-state index contributed by atoms with van der Waals surface area (Å²) in [6.07, 6.45) is 19.7. The Bertz CT molecular complexity index is 718. The first-order valence-corrected chi connectivity index (χ1v) is 17.4. The average molecular weight is 589 g/mol. The van der Waals surface area contributed by atoms with Gasteiger partial charge in [-0.1, -0.05) is 91.9 Å². The van der Waals surface area contributed by atoms with Gasteiger partial charge in [-0.05, 0) is 102 Å². The van der Waals surface area contributed by atoms with Crippen molar-refractivity contribution in [1.82, 2.24) is 9.80 Å². The highest BCUT2D eigenvalue weighted by Gasteiger charge is 2.11. The molecule has 0 aliphatic rings. The van der Waals surface area contributed by atoms with Gasteiger partial charge in [0.15, 0.2) is 0 Å². The summed E-state index contributed by atoms with van der Waals surface area (Å²) in [4.78, 5) is 29.8. The molecule has 0 aliphatic carbocycles. The summed E-state index contributed by atoms with van der Waals surface area (Å²) in [5.41, 5.74) is 0.935. The molecule has 1 rings (SSSR count). The second-order valence-corrected chi connectivity index (χ2v) is 11.7. The van der Waals surface area contributed by atoms with Crippen molar-refractivity contribution in [2.75, 3.05) is 52.5 Å². The fourth-order valence-electron chi connectivity index (χ4n) is 5.20. The Morgan fingerprint density at radius 1 is 0.476 bits per heavy atom. The van der Waals surface area contributed by atoms with Gasteiger partial charge in [0.2, 0.25) is 0 Å². The summed E-state index contributed by atoms with van der Waals surface area (Å²) in [5.74, 6) is -0.674. The van der Waals surface area contributed by atoms with Gasteiger partial charge >= 0.3 is 11.9 Å². The topological polar surface area (TPSA) is 59.1 Å². The van der Waals surface area contributed by atoms with Crippen LogP contribution in [0.1, 0.15) is 151 Å². The summed E-state index contributed by atoms with van der Waals surface area (Å²) in [6.45, 7) is 16.4.